The normalized spacial score (nSPS) is 19.3. The van der Waals surface area contributed by atoms with Gasteiger partial charge in [0.2, 0.25) is 0 Å². The Labute approximate surface area is 128 Å². The molecule has 1 heterocycles. The first-order valence-electron chi connectivity index (χ1n) is 7.00. The molecule has 1 saturated heterocycles. The number of ether oxygens (including phenoxy) is 2. The fourth-order valence-corrected chi connectivity index (χ4v) is 3.29. The number of aliphatic hydroxyl groups is 1. The van der Waals surface area contributed by atoms with Crippen molar-refractivity contribution in [3.63, 3.8) is 0 Å². The number of hydrogen-bond donors (Lipinski definition) is 1. The Morgan fingerprint density at radius 1 is 1.45 bits per heavy atom. The Morgan fingerprint density at radius 2 is 2.25 bits per heavy atom. The van der Waals surface area contributed by atoms with E-state index in [0.717, 1.165) is 42.0 Å². The Bertz CT molecular complexity index is 453. The molecule has 0 amide bonds. The fraction of sp³-hybridized carbons (Fsp3) is 0.600. The lowest BCUT2D eigenvalue weighted by Gasteiger charge is -2.18. The van der Waals surface area contributed by atoms with Crippen molar-refractivity contribution >= 4 is 15.9 Å². The molecule has 112 valence electrons. The van der Waals surface area contributed by atoms with Gasteiger partial charge in [0.05, 0.1) is 18.2 Å². The van der Waals surface area contributed by atoms with E-state index in [-0.39, 0.29) is 6.61 Å². The molecule has 20 heavy (non-hydrogen) atoms. The first-order chi connectivity index (χ1) is 9.67. The number of hydrogen-bond acceptors (Lipinski definition) is 4. The molecule has 0 bridgehead atoms. The zero-order valence-electron chi connectivity index (χ0n) is 12.1. The van der Waals surface area contributed by atoms with E-state index < -0.39 is 0 Å². The number of methoxy groups -OCH3 is 1. The van der Waals surface area contributed by atoms with E-state index >= 15 is 0 Å². The summed E-state index contributed by atoms with van der Waals surface area (Å²) < 4.78 is 11.9. The maximum atomic E-state index is 9.21. The zero-order chi connectivity index (χ0) is 14.5. The van der Waals surface area contributed by atoms with Gasteiger partial charge in [0.1, 0.15) is 0 Å². The van der Waals surface area contributed by atoms with Gasteiger partial charge in [-0.25, -0.2) is 0 Å². The highest BCUT2D eigenvalue weighted by Crippen LogP contribution is 2.37. The van der Waals surface area contributed by atoms with Crippen molar-refractivity contribution < 1.29 is 14.6 Å². The maximum Gasteiger partial charge on any atom is 0.174 e. The zero-order valence-corrected chi connectivity index (χ0v) is 13.6. The highest BCUT2D eigenvalue weighted by atomic mass is 79.9. The summed E-state index contributed by atoms with van der Waals surface area (Å²) in [7, 11) is 1.65. The average molecular weight is 344 g/mol. The largest absolute Gasteiger partial charge is 0.492 e. The molecule has 0 saturated carbocycles. The van der Waals surface area contributed by atoms with Gasteiger partial charge in [-0.3, -0.25) is 4.90 Å². The van der Waals surface area contributed by atoms with Crippen LogP contribution in [-0.2, 0) is 6.54 Å². The third-order valence-corrected chi connectivity index (χ3v) is 4.20. The third kappa shape index (κ3) is 3.65. The van der Waals surface area contributed by atoms with Gasteiger partial charge in [0, 0.05) is 19.7 Å². The fourth-order valence-electron chi connectivity index (χ4n) is 2.64. The van der Waals surface area contributed by atoms with E-state index in [2.05, 4.69) is 26.9 Å². The molecule has 1 aliphatic heterocycles. The van der Waals surface area contributed by atoms with Crippen LogP contribution in [0.2, 0.25) is 0 Å². The quantitative estimate of drug-likeness (QED) is 0.862. The van der Waals surface area contributed by atoms with Crippen LogP contribution in [0.15, 0.2) is 16.6 Å². The molecular weight excluding hydrogens is 322 g/mol. The molecule has 0 aliphatic carbocycles. The van der Waals surface area contributed by atoms with Gasteiger partial charge in [-0.05, 0) is 59.4 Å². The highest BCUT2D eigenvalue weighted by molar-refractivity contribution is 9.10. The van der Waals surface area contributed by atoms with Gasteiger partial charge < -0.3 is 14.6 Å². The summed E-state index contributed by atoms with van der Waals surface area (Å²) in [6.07, 6.45) is 1.08. The lowest BCUT2D eigenvalue weighted by molar-refractivity contribution is 0.220. The van der Waals surface area contributed by atoms with Crippen molar-refractivity contribution in [3.05, 3.63) is 22.2 Å². The van der Waals surface area contributed by atoms with E-state index in [1.54, 1.807) is 7.11 Å². The minimum atomic E-state index is 0.285. The Balaban J connectivity index is 2.12. The number of aliphatic hydroxyl groups excluding tert-OH is 1. The predicted molar refractivity (Wildman–Crippen MR) is 82.3 cm³/mol. The molecule has 2 rings (SSSR count). The Kier molecular flexibility index (Phi) is 5.69. The topological polar surface area (TPSA) is 41.9 Å². The van der Waals surface area contributed by atoms with Crippen molar-refractivity contribution in [1.29, 1.82) is 0 Å². The molecule has 0 aromatic heterocycles. The summed E-state index contributed by atoms with van der Waals surface area (Å²) >= 11 is 3.54. The minimum Gasteiger partial charge on any atom is -0.492 e. The molecular formula is C15H22BrNO3. The van der Waals surface area contributed by atoms with E-state index in [0.29, 0.717) is 12.5 Å². The summed E-state index contributed by atoms with van der Waals surface area (Å²) in [6.45, 7) is 5.74. The van der Waals surface area contributed by atoms with Gasteiger partial charge in [-0.2, -0.15) is 0 Å². The second-order valence-electron chi connectivity index (χ2n) is 5.11. The third-order valence-electron chi connectivity index (χ3n) is 3.61. The first-order valence-corrected chi connectivity index (χ1v) is 7.79. The molecule has 1 N–H and O–H groups in total. The van der Waals surface area contributed by atoms with Crippen LogP contribution in [0, 0.1) is 5.92 Å². The SMILES string of the molecule is CCOc1cc(CN2CCC(CO)C2)cc(Br)c1OC. The van der Waals surface area contributed by atoms with Crippen LogP contribution in [0.5, 0.6) is 11.5 Å². The molecule has 1 fully saturated rings. The van der Waals surface area contributed by atoms with Gasteiger partial charge in [-0.15, -0.1) is 0 Å². The maximum absolute atomic E-state index is 9.21. The first kappa shape index (κ1) is 15.6. The second kappa shape index (κ2) is 7.29. The molecule has 1 unspecified atom stereocenters. The highest BCUT2D eigenvalue weighted by Gasteiger charge is 2.22. The standard InChI is InChI=1S/C15H22BrNO3/c1-3-20-14-7-12(6-13(16)15(14)19-2)9-17-5-4-11(8-17)10-18/h6-7,11,18H,3-5,8-10H2,1-2H3. The number of rotatable bonds is 6. The van der Waals surface area contributed by atoms with Crippen LogP contribution >= 0.6 is 15.9 Å². The smallest absolute Gasteiger partial charge is 0.174 e. The molecule has 4 nitrogen and oxygen atoms in total. The number of likely N-dealkylation sites (tertiary alicyclic amines) is 1. The van der Waals surface area contributed by atoms with Crippen LogP contribution in [-0.4, -0.2) is 43.4 Å². The van der Waals surface area contributed by atoms with Gasteiger partial charge in [0.15, 0.2) is 11.5 Å². The van der Waals surface area contributed by atoms with Crippen LogP contribution in [0.25, 0.3) is 0 Å². The lowest BCUT2D eigenvalue weighted by atomic mass is 10.1. The number of benzene rings is 1. The van der Waals surface area contributed by atoms with Crippen LogP contribution < -0.4 is 9.47 Å². The van der Waals surface area contributed by atoms with Gasteiger partial charge in [-0.1, -0.05) is 0 Å². The van der Waals surface area contributed by atoms with E-state index in [1.165, 1.54) is 5.56 Å². The monoisotopic (exact) mass is 343 g/mol. The lowest BCUT2D eigenvalue weighted by Crippen LogP contribution is -2.21. The summed E-state index contributed by atoms with van der Waals surface area (Å²) in [4.78, 5) is 2.37. The molecule has 1 aromatic rings. The van der Waals surface area contributed by atoms with E-state index in [1.807, 2.05) is 13.0 Å². The van der Waals surface area contributed by atoms with Crippen molar-refractivity contribution in [2.75, 3.05) is 33.4 Å². The van der Waals surface area contributed by atoms with Gasteiger partial charge >= 0.3 is 0 Å². The summed E-state index contributed by atoms with van der Waals surface area (Å²) in [6, 6.07) is 4.12. The van der Waals surface area contributed by atoms with Crippen molar-refractivity contribution in [3.8, 4) is 11.5 Å². The van der Waals surface area contributed by atoms with E-state index in [9.17, 15) is 5.11 Å². The molecule has 0 spiro atoms. The molecule has 1 aliphatic rings. The van der Waals surface area contributed by atoms with Crippen LogP contribution in [0.4, 0.5) is 0 Å². The summed E-state index contributed by atoms with van der Waals surface area (Å²) in [5, 5.41) is 9.21. The summed E-state index contributed by atoms with van der Waals surface area (Å²) in [5.41, 5.74) is 1.19. The minimum absolute atomic E-state index is 0.285. The summed E-state index contributed by atoms with van der Waals surface area (Å²) in [5.74, 6) is 1.94. The molecule has 5 heteroatoms. The van der Waals surface area contributed by atoms with Crippen LogP contribution in [0.3, 0.4) is 0 Å². The Morgan fingerprint density at radius 3 is 2.85 bits per heavy atom. The van der Waals surface area contributed by atoms with Crippen molar-refractivity contribution in [2.45, 2.75) is 19.9 Å². The second-order valence-corrected chi connectivity index (χ2v) is 5.97. The van der Waals surface area contributed by atoms with Gasteiger partial charge in [0.25, 0.3) is 0 Å². The molecule has 1 aromatic carbocycles. The predicted octanol–water partition coefficient (Wildman–Crippen LogP) is 2.67. The van der Waals surface area contributed by atoms with Crippen molar-refractivity contribution in [1.82, 2.24) is 4.90 Å². The van der Waals surface area contributed by atoms with E-state index in [4.69, 9.17) is 9.47 Å². The number of nitrogens with zero attached hydrogens (tertiary/aromatic N) is 1. The Hall–Kier alpha value is -0.780. The van der Waals surface area contributed by atoms with Crippen molar-refractivity contribution in [2.24, 2.45) is 5.92 Å². The molecule has 0 radical (unpaired) electrons. The molecule has 1 atom stereocenters. The van der Waals surface area contributed by atoms with Crippen LogP contribution in [0.1, 0.15) is 18.9 Å². The average Bonchev–Trinajstić information content (AvgIpc) is 2.86. The number of halogens is 1.